The summed E-state index contributed by atoms with van der Waals surface area (Å²) in [6.07, 6.45) is 8.27. The Bertz CT molecular complexity index is 546. The number of nitrogens with zero attached hydrogens (tertiary/aromatic N) is 4. The summed E-state index contributed by atoms with van der Waals surface area (Å²) in [5, 5.41) is 0.694. The highest BCUT2D eigenvalue weighted by atomic mass is 35.5. The molecule has 0 unspecified atom stereocenters. The second-order valence-corrected chi connectivity index (χ2v) is 5.28. The average molecular weight is 275 g/mol. The van der Waals surface area contributed by atoms with E-state index in [4.69, 9.17) is 11.6 Å². The highest BCUT2D eigenvalue weighted by Gasteiger charge is 2.25. The van der Waals surface area contributed by atoms with E-state index in [2.05, 4.69) is 19.9 Å². The fraction of sp³-hybridized carbons (Fsp3) is 0.357. The van der Waals surface area contributed by atoms with Crippen LogP contribution in [-0.4, -0.2) is 32.9 Å². The first kappa shape index (κ1) is 12.5. The van der Waals surface area contributed by atoms with Gasteiger partial charge in [-0.05, 0) is 30.7 Å². The molecular weight excluding hydrogens is 260 g/mol. The van der Waals surface area contributed by atoms with E-state index in [-0.39, 0.29) is 0 Å². The number of aromatic nitrogens is 3. The van der Waals surface area contributed by atoms with E-state index in [1.54, 1.807) is 6.20 Å². The minimum Gasteiger partial charge on any atom is -0.298 e. The van der Waals surface area contributed by atoms with Crippen LogP contribution >= 0.6 is 11.6 Å². The van der Waals surface area contributed by atoms with Crippen LogP contribution in [0.25, 0.3) is 0 Å². The Hall–Kier alpha value is -1.52. The van der Waals surface area contributed by atoms with Gasteiger partial charge in [-0.25, -0.2) is 9.97 Å². The quantitative estimate of drug-likeness (QED) is 0.862. The molecular formula is C14H15ClN4. The smallest absolute Gasteiger partial charge is 0.132 e. The monoisotopic (exact) mass is 274 g/mol. The van der Waals surface area contributed by atoms with E-state index in [0.717, 1.165) is 37.4 Å². The minimum atomic E-state index is 0.438. The summed E-state index contributed by atoms with van der Waals surface area (Å²) in [4.78, 5) is 15.2. The van der Waals surface area contributed by atoms with Gasteiger partial charge in [0.15, 0.2) is 0 Å². The lowest BCUT2D eigenvalue weighted by atomic mass is 10.1. The van der Waals surface area contributed by atoms with Gasteiger partial charge in [-0.1, -0.05) is 11.6 Å². The summed E-state index contributed by atoms with van der Waals surface area (Å²) in [6, 6.07) is 3.83. The summed E-state index contributed by atoms with van der Waals surface area (Å²) >= 11 is 5.95. The van der Waals surface area contributed by atoms with E-state index in [1.165, 1.54) is 0 Å². The summed E-state index contributed by atoms with van der Waals surface area (Å²) in [5.41, 5.74) is 1.15. The molecule has 3 heterocycles. The topological polar surface area (TPSA) is 41.9 Å². The third-order valence-corrected chi connectivity index (χ3v) is 3.60. The van der Waals surface area contributed by atoms with Crippen LogP contribution in [0, 0.1) is 0 Å². The summed E-state index contributed by atoms with van der Waals surface area (Å²) in [7, 11) is 0. The Labute approximate surface area is 117 Å². The fourth-order valence-electron chi connectivity index (χ4n) is 2.51. The molecule has 0 spiro atoms. The molecule has 1 atom stereocenters. The molecule has 1 aliphatic rings. The van der Waals surface area contributed by atoms with Gasteiger partial charge in [0.1, 0.15) is 5.82 Å². The zero-order chi connectivity index (χ0) is 13.1. The first-order valence-electron chi connectivity index (χ1n) is 6.40. The zero-order valence-corrected chi connectivity index (χ0v) is 11.3. The van der Waals surface area contributed by atoms with Crippen molar-refractivity contribution in [2.75, 3.05) is 13.1 Å². The van der Waals surface area contributed by atoms with Crippen LogP contribution in [0.15, 0.2) is 36.9 Å². The molecule has 4 nitrogen and oxygen atoms in total. The molecule has 98 valence electrons. The average Bonchev–Trinajstić information content (AvgIpc) is 2.88. The molecule has 2 aromatic rings. The van der Waals surface area contributed by atoms with Crippen LogP contribution in [0.3, 0.4) is 0 Å². The van der Waals surface area contributed by atoms with Crippen LogP contribution in [-0.2, 0) is 6.54 Å². The van der Waals surface area contributed by atoms with Gasteiger partial charge in [-0.2, -0.15) is 0 Å². The third kappa shape index (κ3) is 3.08. The summed E-state index contributed by atoms with van der Waals surface area (Å²) in [6.45, 7) is 2.95. The molecule has 1 aliphatic heterocycles. The maximum absolute atomic E-state index is 5.95. The maximum Gasteiger partial charge on any atom is 0.132 e. The van der Waals surface area contributed by atoms with Crippen molar-refractivity contribution in [1.82, 2.24) is 19.9 Å². The third-order valence-electron chi connectivity index (χ3n) is 3.39. The highest BCUT2D eigenvalue weighted by Crippen LogP contribution is 2.25. The second-order valence-electron chi connectivity index (χ2n) is 4.84. The van der Waals surface area contributed by atoms with Crippen molar-refractivity contribution in [3.8, 4) is 0 Å². The summed E-state index contributed by atoms with van der Waals surface area (Å²) in [5.74, 6) is 1.39. The number of hydrogen-bond donors (Lipinski definition) is 0. The molecule has 1 fully saturated rings. The van der Waals surface area contributed by atoms with Crippen molar-refractivity contribution in [3.63, 3.8) is 0 Å². The lowest BCUT2D eigenvalue weighted by Gasteiger charge is -2.15. The van der Waals surface area contributed by atoms with E-state index >= 15 is 0 Å². The lowest BCUT2D eigenvalue weighted by molar-refractivity contribution is 0.325. The Balaban J connectivity index is 1.63. The molecule has 0 amide bonds. The number of pyridine rings is 1. The Morgan fingerprint density at radius 1 is 1.26 bits per heavy atom. The molecule has 0 N–H and O–H groups in total. The molecule has 2 aromatic heterocycles. The van der Waals surface area contributed by atoms with Crippen LogP contribution in [0.4, 0.5) is 0 Å². The molecule has 19 heavy (non-hydrogen) atoms. The van der Waals surface area contributed by atoms with Crippen molar-refractivity contribution in [2.45, 2.75) is 18.9 Å². The summed E-state index contributed by atoms with van der Waals surface area (Å²) < 4.78 is 0. The highest BCUT2D eigenvalue weighted by molar-refractivity contribution is 6.30. The molecule has 1 saturated heterocycles. The van der Waals surface area contributed by atoms with Gasteiger partial charge in [-0.15, -0.1) is 0 Å². The van der Waals surface area contributed by atoms with Gasteiger partial charge in [0, 0.05) is 43.8 Å². The standard InChI is InChI=1S/C14H15ClN4/c15-13-6-11(7-16-8-13)9-19-5-2-12(10-19)14-17-3-1-4-18-14/h1,3-4,6-8,12H,2,5,9-10H2/t12-/m0/s1. The minimum absolute atomic E-state index is 0.438. The predicted molar refractivity (Wildman–Crippen MR) is 73.9 cm³/mol. The Kier molecular flexibility index (Phi) is 3.71. The molecule has 0 bridgehead atoms. The van der Waals surface area contributed by atoms with E-state index in [1.807, 2.05) is 30.7 Å². The largest absolute Gasteiger partial charge is 0.298 e. The van der Waals surface area contributed by atoms with Crippen molar-refractivity contribution < 1.29 is 0 Å². The Morgan fingerprint density at radius 2 is 2.11 bits per heavy atom. The van der Waals surface area contributed by atoms with Gasteiger partial charge in [0.25, 0.3) is 0 Å². The van der Waals surface area contributed by atoms with Crippen molar-refractivity contribution in [1.29, 1.82) is 0 Å². The molecule has 0 aliphatic carbocycles. The SMILES string of the molecule is Clc1cncc(CN2CC[C@H](c3ncccn3)C2)c1. The Morgan fingerprint density at radius 3 is 2.89 bits per heavy atom. The van der Waals surface area contributed by atoms with Crippen LogP contribution < -0.4 is 0 Å². The zero-order valence-electron chi connectivity index (χ0n) is 10.5. The van der Waals surface area contributed by atoms with Gasteiger partial charge in [-0.3, -0.25) is 9.88 Å². The van der Waals surface area contributed by atoms with Crippen LogP contribution in [0.1, 0.15) is 23.7 Å². The number of halogens is 1. The van der Waals surface area contributed by atoms with Crippen molar-refractivity contribution in [3.05, 3.63) is 53.3 Å². The fourth-order valence-corrected chi connectivity index (χ4v) is 2.71. The number of hydrogen-bond acceptors (Lipinski definition) is 4. The van der Waals surface area contributed by atoms with E-state index in [0.29, 0.717) is 10.9 Å². The molecule has 5 heteroatoms. The first-order valence-corrected chi connectivity index (χ1v) is 6.78. The lowest BCUT2D eigenvalue weighted by Crippen LogP contribution is -2.20. The van der Waals surface area contributed by atoms with Crippen molar-refractivity contribution >= 4 is 11.6 Å². The predicted octanol–water partition coefficient (Wildman–Crippen LogP) is 2.51. The maximum atomic E-state index is 5.95. The molecule has 0 aromatic carbocycles. The van der Waals surface area contributed by atoms with Gasteiger partial charge in [0.2, 0.25) is 0 Å². The molecule has 3 rings (SSSR count). The van der Waals surface area contributed by atoms with E-state index in [9.17, 15) is 0 Å². The second kappa shape index (κ2) is 5.63. The molecule has 0 saturated carbocycles. The molecule has 0 radical (unpaired) electrons. The normalized spacial score (nSPS) is 19.7. The number of likely N-dealkylation sites (tertiary alicyclic amines) is 1. The van der Waals surface area contributed by atoms with Gasteiger partial charge < -0.3 is 0 Å². The van der Waals surface area contributed by atoms with Gasteiger partial charge in [0.05, 0.1) is 5.02 Å². The number of rotatable bonds is 3. The van der Waals surface area contributed by atoms with Gasteiger partial charge >= 0.3 is 0 Å². The first-order chi connectivity index (χ1) is 9.31. The van der Waals surface area contributed by atoms with Crippen LogP contribution in [0.5, 0.6) is 0 Å². The van der Waals surface area contributed by atoms with E-state index < -0.39 is 0 Å². The van der Waals surface area contributed by atoms with Crippen molar-refractivity contribution in [2.24, 2.45) is 0 Å². The van der Waals surface area contributed by atoms with Crippen LogP contribution in [0.2, 0.25) is 5.02 Å².